The summed E-state index contributed by atoms with van der Waals surface area (Å²) in [6, 6.07) is 0. The van der Waals surface area contributed by atoms with E-state index < -0.39 is 31.3 Å². The minimum atomic E-state index is -5.14. The molecule has 0 rings (SSSR count). The predicted molar refractivity (Wildman–Crippen MR) is 63.4 cm³/mol. The van der Waals surface area contributed by atoms with Gasteiger partial charge in [0.05, 0.1) is 7.82 Å². The van der Waals surface area contributed by atoms with Gasteiger partial charge in [0.1, 0.15) is 0 Å². The topological polar surface area (TPSA) is 352 Å². The van der Waals surface area contributed by atoms with Crippen molar-refractivity contribution in [2.24, 2.45) is 0 Å². The van der Waals surface area contributed by atoms with E-state index in [9.17, 15) is 0 Å². The van der Waals surface area contributed by atoms with Gasteiger partial charge >= 0.3 is 46.5 Å². The van der Waals surface area contributed by atoms with E-state index in [1.807, 2.05) is 0 Å². The summed E-state index contributed by atoms with van der Waals surface area (Å²) in [4.78, 5) is 89.0. The zero-order valence-corrected chi connectivity index (χ0v) is 15.1. The Balaban J connectivity index is -0.0000000376. The number of hydrogen-bond acceptors (Lipinski definition) is 7. The van der Waals surface area contributed by atoms with E-state index in [4.69, 9.17) is 77.0 Å². The van der Waals surface area contributed by atoms with Crippen molar-refractivity contribution < 1.29 is 77.0 Å². The molecule has 0 aromatic carbocycles. The molecule has 17 nitrogen and oxygen atoms in total. The van der Waals surface area contributed by atoms with Gasteiger partial charge in [-0.2, -0.15) is 0 Å². The molecule has 0 aromatic rings. The molecule has 22 heteroatoms. The Morgan fingerprint density at radius 3 is 0.500 bits per heavy atom. The maximum absolute atomic E-state index is 8.88. The third-order valence-corrected chi connectivity index (χ3v) is 0. The van der Waals surface area contributed by atoms with Crippen LogP contribution in [0.15, 0.2) is 0 Å². The second kappa shape index (κ2) is 15.7. The summed E-state index contributed by atoms with van der Waals surface area (Å²) in [5, 5.41) is 0. The maximum Gasteiger partial charge on any atom is 2.00 e. The van der Waals surface area contributed by atoms with Gasteiger partial charge < -0.3 is 69.4 Å². The van der Waals surface area contributed by atoms with E-state index in [1.165, 1.54) is 0 Å². The molecule has 22 heavy (non-hydrogen) atoms. The summed E-state index contributed by atoms with van der Waals surface area (Å²) in [5.74, 6) is 0. The molecule has 136 valence electrons. The Labute approximate surface area is 138 Å². The predicted octanol–water partition coefficient (Wildman–Crippen LogP) is -5.20. The Kier molecular flexibility index (Phi) is 27.5. The van der Waals surface area contributed by atoms with Crippen LogP contribution in [-0.4, -0.2) is 72.0 Å². The summed E-state index contributed by atoms with van der Waals surface area (Å²) in [7, 11) is -19.1. The number of hydrogen-bond donors (Lipinski definition) is 11. The van der Waals surface area contributed by atoms with Gasteiger partial charge in [0.25, 0.3) is 0 Å². The largest absolute Gasteiger partial charge is 2.00 e. The Hall–Kier alpha value is 1.17. The van der Waals surface area contributed by atoms with Gasteiger partial charge in [-0.05, 0) is 0 Å². The molecule has 0 radical (unpaired) electrons. The van der Waals surface area contributed by atoms with Crippen molar-refractivity contribution in [3.63, 3.8) is 0 Å². The Morgan fingerprint density at radius 1 is 0.500 bits per heavy atom. The van der Waals surface area contributed by atoms with Crippen LogP contribution < -0.4 is 15.9 Å². The van der Waals surface area contributed by atoms with E-state index in [1.54, 1.807) is 0 Å². The van der Waals surface area contributed by atoms with Gasteiger partial charge in [-0.25, -0.2) is 13.7 Å². The molecule has 0 heterocycles. The first kappa shape index (κ1) is 38.6. The molecule has 0 saturated heterocycles. The van der Waals surface area contributed by atoms with Crippen molar-refractivity contribution >= 4 is 54.3 Å². The van der Waals surface area contributed by atoms with Gasteiger partial charge in [0.15, 0.2) is 0 Å². The molecule has 0 fully saturated rings. The van der Waals surface area contributed by atoms with Gasteiger partial charge in [-0.3, -0.25) is 0 Å². The summed E-state index contributed by atoms with van der Waals surface area (Å²) in [6.07, 6.45) is 0. The van der Waals surface area contributed by atoms with Crippen LogP contribution in [0.5, 0.6) is 0 Å². The number of phosphoric acid groups is 4. The van der Waals surface area contributed by atoms with Crippen LogP contribution in [0.2, 0.25) is 0 Å². The van der Waals surface area contributed by atoms with Crippen LogP contribution in [0, 0.1) is 0 Å². The van der Waals surface area contributed by atoms with Gasteiger partial charge in [0, 0.05) is 0 Å². The van der Waals surface area contributed by atoms with Crippen LogP contribution in [0.1, 0.15) is 0 Å². The minimum absolute atomic E-state index is 0. The molecule has 13 N–H and O–H groups in total. The molecule has 0 atom stereocenters. The van der Waals surface area contributed by atoms with Crippen molar-refractivity contribution in [1.29, 1.82) is 0 Å². The fourth-order valence-electron chi connectivity index (χ4n) is 0. The van der Waals surface area contributed by atoms with Gasteiger partial charge in [-0.1, -0.05) is 0 Å². The molecular weight excluding hydrogens is 418 g/mol. The third-order valence-electron chi connectivity index (χ3n) is 0. The average Bonchev–Trinajstić information content (AvgIpc) is 1.62. The molecule has 0 aromatic heterocycles. The van der Waals surface area contributed by atoms with E-state index in [-0.39, 0.29) is 29.2 Å². The zero-order valence-electron chi connectivity index (χ0n) is 10.1. The quantitative estimate of drug-likeness (QED) is 0.126. The molecule has 0 unspecified atom stereocenters. The van der Waals surface area contributed by atoms with Crippen LogP contribution in [0.4, 0.5) is 0 Å². The zero-order chi connectivity index (χ0) is 18.0. The molecular formula is H13MgNO16P4. The molecule has 0 aliphatic rings. The summed E-state index contributed by atoms with van der Waals surface area (Å²) >= 11 is 0. The summed E-state index contributed by atoms with van der Waals surface area (Å²) in [6.45, 7) is 0. The van der Waals surface area contributed by atoms with E-state index in [0.717, 1.165) is 0 Å². The third kappa shape index (κ3) is 6330. The monoisotopic (exact) mass is 431 g/mol. The molecule has 0 aliphatic carbocycles. The minimum Gasteiger partial charge on any atom is -0.790 e. The van der Waals surface area contributed by atoms with Crippen molar-refractivity contribution in [1.82, 2.24) is 6.15 Å². The Morgan fingerprint density at radius 2 is 0.500 bits per heavy atom. The second-order valence-electron chi connectivity index (χ2n) is 2.01. The first-order valence-electron chi connectivity index (χ1n) is 3.10. The smallest absolute Gasteiger partial charge is 0.790 e. The van der Waals surface area contributed by atoms with E-state index in [0.29, 0.717) is 0 Å². The molecule has 0 bridgehead atoms. The number of rotatable bonds is 0. The van der Waals surface area contributed by atoms with Crippen LogP contribution in [-0.2, 0) is 18.3 Å². The van der Waals surface area contributed by atoms with Crippen LogP contribution in [0.25, 0.3) is 0 Å². The fourth-order valence-corrected chi connectivity index (χ4v) is 0. The van der Waals surface area contributed by atoms with Crippen molar-refractivity contribution in [3.8, 4) is 0 Å². The molecule has 0 spiro atoms. The fraction of sp³-hybridized carbons (Fsp3) is 0. The first-order valence-corrected chi connectivity index (χ1v) is 9.29. The molecule has 0 aliphatic heterocycles. The first-order chi connectivity index (χ1) is 8.00. The second-order valence-corrected chi connectivity index (χ2v) is 6.03. The van der Waals surface area contributed by atoms with Crippen molar-refractivity contribution in [2.75, 3.05) is 0 Å². The molecule has 0 amide bonds. The normalized spacial score (nSPS) is 10.7. The van der Waals surface area contributed by atoms with Gasteiger partial charge in [-0.15, -0.1) is 0 Å². The van der Waals surface area contributed by atoms with Crippen LogP contribution >= 0.6 is 31.3 Å². The van der Waals surface area contributed by atoms with E-state index in [2.05, 4.69) is 0 Å². The van der Waals surface area contributed by atoms with Gasteiger partial charge in [0.2, 0.25) is 0 Å². The van der Waals surface area contributed by atoms with E-state index >= 15 is 0 Å². The standard InChI is InChI=1S/Mg.H3N.4H3O4P/c;;4*1-5(2,3)4/h;1H3;4*(H3,1,2,3,4)/q+2;;;;;/p-2. The Bertz CT molecular complexity index is 291. The van der Waals surface area contributed by atoms with Crippen molar-refractivity contribution in [2.45, 2.75) is 0 Å². The molecule has 0 saturated carbocycles. The van der Waals surface area contributed by atoms with Crippen molar-refractivity contribution in [3.05, 3.63) is 0 Å². The SMILES string of the molecule is N.O=P(O)(O)O.O=P(O)(O)O.O=P(O)(O)O.O=P([O-])([O-])O.[Mg+2]. The summed E-state index contributed by atoms with van der Waals surface area (Å²) < 4.78 is 35.3. The summed E-state index contributed by atoms with van der Waals surface area (Å²) in [5.41, 5.74) is 0. The average molecular weight is 431 g/mol. The maximum atomic E-state index is 8.88. The van der Waals surface area contributed by atoms with Crippen LogP contribution in [0.3, 0.4) is 0 Å².